The molecule has 1 aromatic heterocycles. The van der Waals surface area contributed by atoms with Gasteiger partial charge in [0.25, 0.3) is 0 Å². The van der Waals surface area contributed by atoms with Gasteiger partial charge in [0, 0.05) is 47.2 Å². The molecule has 87 heavy (non-hydrogen) atoms. The van der Waals surface area contributed by atoms with Gasteiger partial charge in [-0.2, -0.15) is 0 Å². The summed E-state index contributed by atoms with van der Waals surface area (Å²) < 4.78 is 37.4. The molecule has 4 N–H and O–H groups in total. The SMILES string of the molecule is C[C@H](C[C@H]1C=C2C[C@@H]3CCC[C@]34C[C@@H]3C[C@]5(C)[C@]67O[C@@H]6C(=O)O[C@]5(c5ccoc5C[C@@H]([C@@H]5CC[C@H]6[C@H](C=CN8CNC[C@H]68)C5)[C@H](O)CO)CC#C[C@H]5CC[C@@H](Cc6ccccc6)C[C@@H]5[C@]75[C@H](O)C(=O)[C@@H]6[C@@]1(C)O[C@]21[C@H]4C(=O)OC[C@@]61[C@@H]35)C1CCCCC1. The highest BCUT2D eigenvalue weighted by Gasteiger charge is 3.00. The van der Waals surface area contributed by atoms with E-state index in [2.05, 4.69) is 91.5 Å². The first-order chi connectivity index (χ1) is 42.1. The van der Waals surface area contributed by atoms with E-state index in [-0.39, 0.29) is 66.2 Å². The molecule has 13 nitrogen and oxygen atoms in total. The van der Waals surface area contributed by atoms with E-state index in [1.165, 1.54) is 43.2 Å². The number of aliphatic hydroxyl groups is 3. The number of furan rings is 1. The Hall–Kier alpha value is -4.29. The molecule has 0 radical (unpaired) electrons. The second kappa shape index (κ2) is 18.9. The van der Waals surface area contributed by atoms with Crippen molar-refractivity contribution < 1.29 is 53.1 Å². The van der Waals surface area contributed by atoms with Crippen LogP contribution >= 0.6 is 0 Å². The first kappa shape index (κ1) is 55.5. The molecule has 5 saturated heterocycles. The average Bonchev–Trinajstić information content (AvgIpc) is 1.44. The van der Waals surface area contributed by atoms with Crippen molar-refractivity contribution in [2.45, 2.75) is 202 Å². The summed E-state index contributed by atoms with van der Waals surface area (Å²) in [6.07, 6.45) is 23.6. The number of fused-ring (bicyclic) bond motifs is 6. The second-order valence-corrected chi connectivity index (χ2v) is 32.6. The van der Waals surface area contributed by atoms with Crippen LogP contribution in [0.4, 0.5) is 0 Å². The maximum Gasteiger partial charge on any atom is 0.339 e. The lowest BCUT2D eigenvalue weighted by Gasteiger charge is -2.74. The molecule has 7 aliphatic heterocycles. The number of nitrogens with zero attached hydrogens (tertiary/aromatic N) is 1. The van der Waals surface area contributed by atoms with Crippen LogP contribution in [-0.4, -0.2) is 106 Å². The number of aliphatic hydroxyl groups excluding tert-OH is 3. The van der Waals surface area contributed by atoms with Crippen LogP contribution < -0.4 is 5.32 Å². The van der Waals surface area contributed by atoms with Gasteiger partial charge in [-0.05, 0) is 184 Å². The van der Waals surface area contributed by atoms with Crippen molar-refractivity contribution in [1.82, 2.24) is 10.2 Å². The number of carbonyl (C=O) groups is 3. The zero-order chi connectivity index (χ0) is 59.0. The Morgan fingerprint density at radius 2 is 1.77 bits per heavy atom. The van der Waals surface area contributed by atoms with Crippen LogP contribution in [0.1, 0.15) is 160 Å². The first-order valence-electron chi connectivity index (χ1n) is 34.9. The number of cyclic esters (lactones) is 1. The minimum Gasteiger partial charge on any atom is -0.469 e. The van der Waals surface area contributed by atoms with Crippen LogP contribution in [0.5, 0.6) is 0 Å². The molecule has 8 heterocycles. The van der Waals surface area contributed by atoms with Gasteiger partial charge < -0.3 is 43.6 Å². The summed E-state index contributed by atoms with van der Waals surface area (Å²) in [7, 11) is 0. The van der Waals surface area contributed by atoms with Crippen molar-refractivity contribution in [3.63, 3.8) is 0 Å². The Morgan fingerprint density at radius 1 is 0.920 bits per heavy atom. The number of hydrogen-bond donors (Lipinski definition) is 4. The third kappa shape index (κ3) is 6.68. The predicted molar refractivity (Wildman–Crippen MR) is 320 cm³/mol. The number of ketones is 1. The number of Topliss-reactive ketones (excluding diaryl/α,β-unsaturated/α-hetero) is 1. The lowest BCUT2D eigenvalue weighted by Crippen LogP contribution is -2.83. The van der Waals surface area contributed by atoms with E-state index in [1.54, 1.807) is 6.26 Å². The van der Waals surface area contributed by atoms with Crippen LogP contribution in [0.15, 0.2) is 71.0 Å². The highest BCUT2D eigenvalue weighted by Crippen LogP contribution is 2.91. The zero-order valence-electron chi connectivity index (χ0n) is 51.5. The number of esters is 2. The quantitative estimate of drug-likeness (QED) is 0.0724. The molecule has 18 rings (SSSR count). The van der Waals surface area contributed by atoms with Gasteiger partial charge in [0.05, 0.1) is 54.9 Å². The Morgan fingerprint density at radius 3 is 2.61 bits per heavy atom. The van der Waals surface area contributed by atoms with Crippen molar-refractivity contribution >= 4 is 17.7 Å². The smallest absolute Gasteiger partial charge is 0.339 e. The number of rotatable bonds is 11. The van der Waals surface area contributed by atoms with Crippen LogP contribution in [0.3, 0.4) is 0 Å². The number of ether oxygens (including phenoxy) is 4. The normalized spacial score (nSPS) is 50.7. The Kier molecular flexibility index (Phi) is 12.1. The summed E-state index contributed by atoms with van der Waals surface area (Å²) >= 11 is 0. The maximum absolute atomic E-state index is 17.6. The molecule has 9 bridgehead atoms. The van der Waals surface area contributed by atoms with Crippen molar-refractivity contribution in [2.75, 3.05) is 26.4 Å². The van der Waals surface area contributed by atoms with Gasteiger partial charge in [0.15, 0.2) is 17.5 Å². The van der Waals surface area contributed by atoms with E-state index in [0.29, 0.717) is 66.7 Å². The molecule has 13 heteroatoms. The molecule has 2 aromatic rings. The Balaban J connectivity index is 0.843. The van der Waals surface area contributed by atoms with Crippen molar-refractivity contribution in [1.29, 1.82) is 0 Å². The molecule has 16 aliphatic rings. The average molecular weight is 1190 g/mol. The summed E-state index contributed by atoms with van der Waals surface area (Å²) in [5.41, 5.74) is -6.12. The number of hydrogen-bond acceptors (Lipinski definition) is 13. The van der Waals surface area contributed by atoms with Crippen LogP contribution in [0, 0.1) is 122 Å². The van der Waals surface area contributed by atoms with Gasteiger partial charge in [0.2, 0.25) is 0 Å². The van der Waals surface area contributed by atoms with Crippen LogP contribution in [0.25, 0.3) is 0 Å². The van der Waals surface area contributed by atoms with E-state index in [9.17, 15) is 15.3 Å². The van der Waals surface area contributed by atoms with Crippen molar-refractivity contribution in [3.8, 4) is 11.8 Å². The molecule has 26 atom stereocenters. The molecule has 8 saturated carbocycles. The fourth-order valence-electron chi connectivity index (χ4n) is 27.0. The molecule has 464 valence electrons. The van der Waals surface area contributed by atoms with Crippen LogP contribution in [0.2, 0.25) is 0 Å². The fourth-order valence-corrected chi connectivity index (χ4v) is 27.0. The van der Waals surface area contributed by atoms with Crippen molar-refractivity contribution in [2.24, 2.45) is 110 Å². The maximum atomic E-state index is 17.6. The summed E-state index contributed by atoms with van der Waals surface area (Å²) in [6, 6.07) is 13.2. The monoisotopic (exact) mass is 1180 g/mol. The lowest BCUT2D eigenvalue weighted by atomic mass is 9.28. The molecule has 0 amide bonds. The Bertz CT molecular complexity index is 3320. The third-order valence-electron chi connectivity index (χ3n) is 29.9. The van der Waals surface area contributed by atoms with Gasteiger partial charge in [-0.15, -0.1) is 0 Å². The number of allylic oxidation sites excluding steroid dienone is 1. The molecule has 5 spiro atoms. The lowest BCUT2D eigenvalue weighted by molar-refractivity contribution is -0.315. The summed E-state index contributed by atoms with van der Waals surface area (Å²) in [5, 5.41) is 41.6. The number of nitrogens with one attached hydrogen (secondary N) is 1. The predicted octanol–water partition coefficient (Wildman–Crippen LogP) is 9.79. The van der Waals surface area contributed by atoms with E-state index < -0.39 is 98.6 Å². The second-order valence-electron chi connectivity index (χ2n) is 32.6. The minimum absolute atomic E-state index is 0.0192. The molecule has 9 aliphatic carbocycles. The first-order valence-corrected chi connectivity index (χ1v) is 34.9. The molecular weight excluding hydrogens is 1090 g/mol. The van der Waals surface area contributed by atoms with E-state index in [0.717, 1.165) is 83.8 Å². The fraction of sp³-hybridized carbons (Fsp3) is 0.743. The van der Waals surface area contributed by atoms with Crippen LogP contribution in [-0.2, 0) is 51.8 Å². The van der Waals surface area contributed by atoms with E-state index >= 15 is 14.4 Å². The summed E-state index contributed by atoms with van der Waals surface area (Å²) in [4.78, 5) is 51.9. The third-order valence-corrected chi connectivity index (χ3v) is 29.9. The highest BCUT2D eigenvalue weighted by molar-refractivity contribution is 5.94. The molecule has 0 unspecified atom stereocenters. The van der Waals surface area contributed by atoms with Gasteiger partial charge >= 0.3 is 11.9 Å². The Labute approximate surface area is 513 Å². The summed E-state index contributed by atoms with van der Waals surface area (Å²) in [5.74, 6) is 6.54. The standard InChI is InChI=1S/C74H92N2O11/c1-41(44-14-8-5-9-15-44)28-50-33-51-32-49-17-11-24-69(49)36-48-35-67(2)71(54-23-27-83-58(54)34-53(57(78)38-77)46-20-21-52-47(31-46)22-26-76-40-75-37-56(52)76)25-10-16-45-19-18-43(29-42-12-6-4-7-13-42)30-55(45)72(74(67)64(85-74)66(82)86-71)60(48)70-39-84-65(81)62(69)73(51,70)87-68(50,3)61(70)59(79)63(72)80/h4,6-7,12-13,22-23,26-27,33,41,43-50,52-53,55-57,60-64,75,77-78,80H,5,8-9,11,14-15,17-21,24-25,28-32,34-40H2,1-3H3/t41-,43+,45+,46-,47-,48+,49+,50+,52+,53+,55+,56-,57-,60-,61-,62+,63-,64-,67+,68+,69+,70-,71+,72+,73+,74-/m1/s1. The van der Waals surface area contributed by atoms with E-state index in [4.69, 9.17) is 23.4 Å². The molecule has 1 aromatic carbocycles. The topological polar surface area (TPSA) is 181 Å². The highest BCUT2D eigenvalue weighted by atomic mass is 16.7. The van der Waals surface area contributed by atoms with Gasteiger partial charge in [-0.3, -0.25) is 14.9 Å². The summed E-state index contributed by atoms with van der Waals surface area (Å²) in [6.45, 7) is 8.38. The minimum atomic E-state index is -1.57. The zero-order valence-corrected chi connectivity index (χ0v) is 51.5. The molecule has 13 fully saturated rings. The number of epoxide rings is 1. The van der Waals surface area contributed by atoms with Gasteiger partial charge in [-0.1, -0.05) is 107 Å². The van der Waals surface area contributed by atoms with E-state index in [1.807, 2.05) is 6.07 Å². The van der Waals surface area contributed by atoms with Gasteiger partial charge in [-0.25, -0.2) is 4.79 Å². The number of carbonyl (C=O) groups excluding carboxylic acids is 3. The van der Waals surface area contributed by atoms with Gasteiger partial charge in [0.1, 0.15) is 29.7 Å². The number of benzene rings is 1. The van der Waals surface area contributed by atoms with Crippen molar-refractivity contribution in [3.05, 3.63) is 83.5 Å². The largest absolute Gasteiger partial charge is 0.469 e. The molecular formula is C74H92N2O11.